The maximum Gasteiger partial charge on any atom is 0.123 e. The summed E-state index contributed by atoms with van der Waals surface area (Å²) in [5, 5.41) is 4.95. The van der Waals surface area contributed by atoms with Crippen molar-refractivity contribution in [2.24, 2.45) is 5.73 Å². The SMILES string of the molecule is Cc1nn(-c2ccc(F)cc2CN)c(C)c1Cl. The zero-order valence-corrected chi connectivity index (χ0v) is 10.4. The van der Waals surface area contributed by atoms with Crippen molar-refractivity contribution in [1.82, 2.24) is 9.78 Å². The lowest BCUT2D eigenvalue weighted by atomic mass is 10.1. The molecule has 0 fully saturated rings. The summed E-state index contributed by atoms with van der Waals surface area (Å²) in [6, 6.07) is 4.46. The molecule has 1 heterocycles. The summed E-state index contributed by atoms with van der Waals surface area (Å²) in [5.41, 5.74) is 8.65. The maximum atomic E-state index is 13.1. The van der Waals surface area contributed by atoms with Crippen molar-refractivity contribution in [3.8, 4) is 5.69 Å². The quantitative estimate of drug-likeness (QED) is 0.894. The third-order valence-corrected chi connectivity index (χ3v) is 3.24. The van der Waals surface area contributed by atoms with Gasteiger partial charge in [-0.1, -0.05) is 11.6 Å². The zero-order chi connectivity index (χ0) is 12.6. The van der Waals surface area contributed by atoms with Crippen molar-refractivity contribution in [2.75, 3.05) is 0 Å². The lowest BCUT2D eigenvalue weighted by Gasteiger charge is -2.09. The first kappa shape index (κ1) is 12.1. The van der Waals surface area contributed by atoms with Crippen LogP contribution in [0.2, 0.25) is 5.02 Å². The van der Waals surface area contributed by atoms with Crippen LogP contribution in [0.25, 0.3) is 5.69 Å². The summed E-state index contributed by atoms with van der Waals surface area (Å²) in [7, 11) is 0. The van der Waals surface area contributed by atoms with E-state index < -0.39 is 0 Å². The van der Waals surface area contributed by atoms with Gasteiger partial charge in [0.05, 0.1) is 22.1 Å². The van der Waals surface area contributed by atoms with Crippen LogP contribution in [0.15, 0.2) is 18.2 Å². The van der Waals surface area contributed by atoms with Gasteiger partial charge < -0.3 is 5.73 Å². The molecule has 1 aromatic heterocycles. The summed E-state index contributed by atoms with van der Waals surface area (Å²) in [6.45, 7) is 3.95. The van der Waals surface area contributed by atoms with Gasteiger partial charge >= 0.3 is 0 Å². The molecule has 3 nitrogen and oxygen atoms in total. The second-order valence-corrected chi connectivity index (χ2v) is 4.25. The van der Waals surface area contributed by atoms with E-state index in [1.165, 1.54) is 12.1 Å². The Morgan fingerprint density at radius 3 is 2.65 bits per heavy atom. The highest BCUT2D eigenvalue weighted by atomic mass is 35.5. The van der Waals surface area contributed by atoms with Gasteiger partial charge in [0.15, 0.2) is 0 Å². The number of nitrogens with two attached hydrogens (primary N) is 1. The highest BCUT2D eigenvalue weighted by Gasteiger charge is 2.13. The monoisotopic (exact) mass is 253 g/mol. The number of hydrogen-bond donors (Lipinski definition) is 1. The van der Waals surface area contributed by atoms with Crippen molar-refractivity contribution in [1.29, 1.82) is 0 Å². The zero-order valence-electron chi connectivity index (χ0n) is 9.67. The van der Waals surface area contributed by atoms with Crippen molar-refractivity contribution in [2.45, 2.75) is 20.4 Å². The average Bonchev–Trinajstić information content (AvgIpc) is 2.57. The minimum absolute atomic E-state index is 0.253. The van der Waals surface area contributed by atoms with E-state index in [2.05, 4.69) is 5.10 Å². The van der Waals surface area contributed by atoms with Crippen molar-refractivity contribution >= 4 is 11.6 Å². The molecular formula is C12H13ClFN3. The Hall–Kier alpha value is -1.39. The summed E-state index contributed by atoms with van der Waals surface area (Å²) < 4.78 is 14.8. The Kier molecular flexibility index (Phi) is 3.17. The van der Waals surface area contributed by atoms with Crippen LogP contribution in [-0.4, -0.2) is 9.78 Å². The van der Waals surface area contributed by atoms with Crippen LogP contribution < -0.4 is 5.73 Å². The van der Waals surface area contributed by atoms with Crippen LogP contribution in [0.4, 0.5) is 4.39 Å². The summed E-state index contributed by atoms with van der Waals surface area (Å²) >= 11 is 6.09. The van der Waals surface area contributed by atoms with Crippen molar-refractivity contribution < 1.29 is 4.39 Å². The van der Waals surface area contributed by atoms with E-state index >= 15 is 0 Å². The fourth-order valence-electron chi connectivity index (χ4n) is 1.78. The van der Waals surface area contributed by atoms with Gasteiger partial charge in [0, 0.05) is 6.54 Å². The third kappa shape index (κ3) is 2.06. The first-order valence-electron chi connectivity index (χ1n) is 5.25. The molecule has 0 spiro atoms. The van der Waals surface area contributed by atoms with E-state index in [1.807, 2.05) is 13.8 Å². The molecule has 0 saturated carbocycles. The van der Waals surface area contributed by atoms with Crippen LogP contribution in [0, 0.1) is 19.7 Å². The Bertz CT molecular complexity index is 563. The first-order chi connectivity index (χ1) is 8.04. The van der Waals surface area contributed by atoms with E-state index in [0.29, 0.717) is 10.6 Å². The number of halogens is 2. The molecule has 2 aromatic rings. The summed E-state index contributed by atoms with van der Waals surface area (Å²) in [5.74, 6) is -0.304. The lowest BCUT2D eigenvalue weighted by molar-refractivity contribution is 0.624. The molecule has 0 amide bonds. The van der Waals surface area contributed by atoms with Gasteiger partial charge in [-0.2, -0.15) is 5.10 Å². The molecule has 0 saturated heterocycles. The summed E-state index contributed by atoms with van der Waals surface area (Å²) in [6.07, 6.45) is 0. The predicted octanol–water partition coefficient (Wildman–Crippen LogP) is 2.74. The smallest absolute Gasteiger partial charge is 0.123 e. The highest BCUT2D eigenvalue weighted by molar-refractivity contribution is 6.31. The van der Waals surface area contributed by atoms with E-state index in [-0.39, 0.29) is 12.4 Å². The molecule has 2 N–H and O–H groups in total. The van der Waals surface area contributed by atoms with Gasteiger partial charge in [0.25, 0.3) is 0 Å². The minimum Gasteiger partial charge on any atom is -0.326 e. The Morgan fingerprint density at radius 1 is 1.41 bits per heavy atom. The standard InChI is InChI=1S/C12H13ClFN3/c1-7-12(13)8(2)17(16-7)11-4-3-10(14)5-9(11)6-15/h3-5H,6,15H2,1-2H3. The fraction of sp³-hybridized carbons (Fsp3) is 0.250. The maximum absolute atomic E-state index is 13.1. The molecule has 0 aliphatic carbocycles. The van der Waals surface area contributed by atoms with E-state index in [0.717, 1.165) is 17.1 Å². The number of rotatable bonds is 2. The van der Waals surface area contributed by atoms with Gasteiger partial charge in [-0.3, -0.25) is 0 Å². The molecule has 2 rings (SSSR count). The Balaban J connectivity index is 2.64. The molecule has 17 heavy (non-hydrogen) atoms. The number of benzene rings is 1. The molecule has 0 bridgehead atoms. The number of hydrogen-bond acceptors (Lipinski definition) is 2. The van der Waals surface area contributed by atoms with E-state index in [1.54, 1.807) is 10.7 Å². The second-order valence-electron chi connectivity index (χ2n) is 3.87. The molecule has 1 aromatic carbocycles. The van der Waals surface area contributed by atoms with Crippen LogP contribution in [0.3, 0.4) is 0 Å². The van der Waals surface area contributed by atoms with Crippen LogP contribution in [0.5, 0.6) is 0 Å². The van der Waals surface area contributed by atoms with Crippen molar-refractivity contribution in [3.05, 3.63) is 46.0 Å². The molecule has 0 aliphatic heterocycles. The lowest BCUT2D eigenvalue weighted by Crippen LogP contribution is -2.07. The predicted molar refractivity (Wildman–Crippen MR) is 65.9 cm³/mol. The average molecular weight is 254 g/mol. The van der Waals surface area contributed by atoms with Crippen LogP contribution >= 0.6 is 11.6 Å². The molecule has 5 heteroatoms. The highest BCUT2D eigenvalue weighted by Crippen LogP contribution is 2.24. The number of aromatic nitrogens is 2. The third-order valence-electron chi connectivity index (χ3n) is 2.69. The first-order valence-corrected chi connectivity index (χ1v) is 5.63. The topological polar surface area (TPSA) is 43.8 Å². The normalized spacial score (nSPS) is 10.9. The number of aryl methyl sites for hydroxylation is 1. The minimum atomic E-state index is -0.304. The molecule has 0 radical (unpaired) electrons. The van der Waals surface area contributed by atoms with Crippen LogP contribution in [-0.2, 0) is 6.54 Å². The summed E-state index contributed by atoms with van der Waals surface area (Å²) in [4.78, 5) is 0. The van der Waals surface area contributed by atoms with E-state index in [9.17, 15) is 4.39 Å². The fourth-order valence-corrected chi connectivity index (χ4v) is 1.90. The molecule has 90 valence electrons. The van der Waals surface area contributed by atoms with Gasteiger partial charge in [-0.15, -0.1) is 0 Å². The Labute approximate surface area is 104 Å². The van der Waals surface area contributed by atoms with Crippen molar-refractivity contribution in [3.63, 3.8) is 0 Å². The van der Waals surface area contributed by atoms with Gasteiger partial charge in [-0.25, -0.2) is 9.07 Å². The molecule has 0 atom stereocenters. The Morgan fingerprint density at radius 2 is 2.12 bits per heavy atom. The van der Waals surface area contributed by atoms with Crippen LogP contribution in [0.1, 0.15) is 17.0 Å². The van der Waals surface area contributed by atoms with E-state index in [4.69, 9.17) is 17.3 Å². The second kappa shape index (κ2) is 4.47. The largest absolute Gasteiger partial charge is 0.326 e. The molecular weight excluding hydrogens is 241 g/mol. The van der Waals surface area contributed by atoms with Gasteiger partial charge in [0.1, 0.15) is 5.82 Å². The molecule has 0 unspecified atom stereocenters. The number of nitrogens with zero attached hydrogens (tertiary/aromatic N) is 2. The van der Waals surface area contributed by atoms with Gasteiger partial charge in [-0.05, 0) is 37.6 Å². The molecule has 0 aliphatic rings. The van der Waals surface area contributed by atoms with Gasteiger partial charge in [0.2, 0.25) is 0 Å².